The van der Waals surface area contributed by atoms with Gasteiger partial charge >= 0.3 is 0 Å². The zero-order chi connectivity index (χ0) is 13.0. The summed E-state index contributed by atoms with van der Waals surface area (Å²) in [6.07, 6.45) is 0. The van der Waals surface area contributed by atoms with Gasteiger partial charge in [-0.3, -0.25) is 0 Å². The summed E-state index contributed by atoms with van der Waals surface area (Å²) in [7, 11) is 0. The van der Waals surface area contributed by atoms with Gasteiger partial charge in [0.1, 0.15) is 0 Å². The normalized spacial score (nSPS) is 9.28. The van der Waals surface area contributed by atoms with E-state index in [0.29, 0.717) is 0 Å². The zero-order valence-corrected chi connectivity index (χ0v) is 9.81. The maximum atomic E-state index is 6.94. The molecule has 2 rings (SSSR count). The van der Waals surface area contributed by atoms with Gasteiger partial charge < -0.3 is 15.0 Å². The lowest BCUT2D eigenvalue weighted by Crippen LogP contribution is -1.96. The van der Waals surface area contributed by atoms with Crippen molar-refractivity contribution in [3.05, 3.63) is 58.3 Å². The van der Waals surface area contributed by atoms with E-state index in [2.05, 4.69) is 25.0 Å². The van der Waals surface area contributed by atoms with E-state index >= 15 is 0 Å². The molecule has 5 nitrogen and oxygen atoms in total. The molecule has 0 bridgehead atoms. The Balaban J connectivity index is 2.41. The number of nitrogens with one attached hydrogen (secondary N) is 1. The summed E-state index contributed by atoms with van der Waals surface area (Å²) >= 11 is 5.90. The molecule has 0 saturated carbocycles. The highest BCUT2D eigenvalue weighted by atomic mass is 35.5. The largest absolute Gasteiger partial charge is 0.370 e. The highest BCUT2D eigenvalue weighted by molar-refractivity contribution is 6.32. The molecule has 0 aliphatic heterocycles. The Bertz CT molecular complexity index is 655. The van der Waals surface area contributed by atoms with Crippen LogP contribution >= 0.6 is 11.6 Å². The SMILES string of the molecule is [C-]#[N+]c1nc(Cl)c(Nc2ccccc2)nc1[N+]#[C-]. The summed E-state index contributed by atoms with van der Waals surface area (Å²) in [6, 6.07) is 9.25. The molecule has 0 aliphatic rings. The third-order valence-electron chi connectivity index (χ3n) is 2.07. The van der Waals surface area contributed by atoms with E-state index in [1.165, 1.54) is 0 Å². The van der Waals surface area contributed by atoms with Crippen molar-refractivity contribution in [1.29, 1.82) is 0 Å². The van der Waals surface area contributed by atoms with Crippen molar-refractivity contribution in [2.75, 3.05) is 5.32 Å². The van der Waals surface area contributed by atoms with Crippen molar-refractivity contribution in [2.45, 2.75) is 0 Å². The Kier molecular flexibility index (Phi) is 3.38. The van der Waals surface area contributed by atoms with Gasteiger partial charge in [-0.1, -0.05) is 31.3 Å². The molecule has 6 heteroatoms. The second kappa shape index (κ2) is 5.13. The number of anilines is 2. The van der Waals surface area contributed by atoms with Crippen LogP contribution in [0.2, 0.25) is 5.15 Å². The first-order valence-corrected chi connectivity index (χ1v) is 5.27. The Morgan fingerprint density at radius 3 is 2.22 bits per heavy atom. The second-order valence-electron chi connectivity index (χ2n) is 3.22. The highest BCUT2D eigenvalue weighted by Gasteiger charge is 2.17. The molecule has 18 heavy (non-hydrogen) atoms. The van der Waals surface area contributed by atoms with Crippen molar-refractivity contribution < 1.29 is 0 Å². The Labute approximate surface area is 109 Å². The van der Waals surface area contributed by atoms with Crippen LogP contribution in [0.1, 0.15) is 0 Å². The number of hydrogen-bond donors (Lipinski definition) is 1. The summed E-state index contributed by atoms with van der Waals surface area (Å²) in [6.45, 7) is 13.8. The molecule has 0 saturated heterocycles. The van der Waals surface area contributed by atoms with Crippen LogP contribution in [0.25, 0.3) is 9.69 Å². The number of rotatable bonds is 2. The van der Waals surface area contributed by atoms with Crippen molar-refractivity contribution in [2.24, 2.45) is 0 Å². The molecule has 1 heterocycles. The maximum absolute atomic E-state index is 6.94. The average Bonchev–Trinajstić information content (AvgIpc) is 2.41. The topological polar surface area (TPSA) is 46.5 Å². The van der Waals surface area contributed by atoms with Crippen LogP contribution in [0, 0.1) is 13.1 Å². The average molecular weight is 256 g/mol. The van der Waals surface area contributed by atoms with E-state index in [0.717, 1.165) is 5.69 Å². The Morgan fingerprint density at radius 2 is 1.61 bits per heavy atom. The van der Waals surface area contributed by atoms with Crippen LogP contribution in [0.4, 0.5) is 23.1 Å². The molecule has 0 fully saturated rings. The van der Waals surface area contributed by atoms with Gasteiger partial charge in [0.2, 0.25) is 0 Å². The van der Waals surface area contributed by atoms with Crippen LogP contribution in [0.5, 0.6) is 0 Å². The standard InChI is InChI=1S/C12H6ClN5/c1-14-11-12(15-2)18-10(9(13)17-11)16-8-6-4-3-5-7-8/h3-7H,(H,16,18). The summed E-state index contributed by atoms with van der Waals surface area (Å²) in [5.41, 5.74) is 0.778. The molecule has 0 radical (unpaired) electrons. The molecule has 0 aliphatic carbocycles. The van der Waals surface area contributed by atoms with Crippen LogP contribution in [-0.2, 0) is 0 Å². The first kappa shape index (κ1) is 11.8. The van der Waals surface area contributed by atoms with E-state index < -0.39 is 0 Å². The lowest BCUT2D eigenvalue weighted by Gasteiger charge is -2.03. The first-order chi connectivity index (χ1) is 8.74. The van der Waals surface area contributed by atoms with E-state index in [4.69, 9.17) is 24.7 Å². The first-order valence-electron chi connectivity index (χ1n) is 4.89. The van der Waals surface area contributed by atoms with Crippen molar-refractivity contribution in [1.82, 2.24) is 9.97 Å². The van der Waals surface area contributed by atoms with Gasteiger partial charge in [-0.2, -0.15) is 0 Å². The minimum Gasteiger partial charge on any atom is -0.370 e. The van der Waals surface area contributed by atoms with Gasteiger partial charge in [-0.25, -0.2) is 0 Å². The predicted octanol–water partition coefficient (Wildman–Crippen LogP) is 3.98. The van der Waals surface area contributed by atoms with Crippen LogP contribution in [-0.4, -0.2) is 9.97 Å². The van der Waals surface area contributed by atoms with E-state index in [1.807, 2.05) is 30.3 Å². The quantitative estimate of drug-likeness (QED) is 0.826. The van der Waals surface area contributed by atoms with E-state index in [-0.39, 0.29) is 22.6 Å². The van der Waals surface area contributed by atoms with Crippen LogP contribution < -0.4 is 5.32 Å². The molecule has 0 unspecified atom stereocenters. The molecule has 1 N–H and O–H groups in total. The molecule has 1 aromatic heterocycles. The summed E-state index contributed by atoms with van der Waals surface area (Å²) < 4.78 is 0. The van der Waals surface area contributed by atoms with Gasteiger partial charge in [-0.15, -0.1) is 9.97 Å². The number of hydrogen-bond acceptors (Lipinski definition) is 3. The van der Waals surface area contributed by atoms with E-state index in [9.17, 15) is 0 Å². The molecule has 2 aromatic rings. The summed E-state index contributed by atoms with van der Waals surface area (Å²) in [5, 5.41) is 3.01. The molecule has 0 spiro atoms. The van der Waals surface area contributed by atoms with Crippen LogP contribution in [0.3, 0.4) is 0 Å². The van der Waals surface area contributed by atoms with Crippen molar-refractivity contribution >= 4 is 34.7 Å². The molecule has 86 valence electrons. The Morgan fingerprint density at radius 1 is 1.00 bits per heavy atom. The smallest absolute Gasteiger partial charge is 0.295 e. The number of halogens is 1. The third kappa shape index (κ3) is 2.37. The van der Waals surface area contributed by atoms with Gasteiger partial charge in [0.15, 0.2) is 0 Å². The lowest BCUT2D eigenvalue weighted by atomic mass is 10.3. The molecule has 1 aromatic carbocycles. The van der Waals surface area contributed by atoms with Gasteiger partial charge in [0.05, 0.1) is 0 Å². The van der Waals surface area contributed by atoms with Gasteiger partial charge in [0.25, 0.3) is 22.6 Å². The van der Waals surface area contributed by atoms with Gasteiger partial charge in [0, 0.05) is 5.69 Å². The number of para-hydroxylation sites is 1. The predicted molar refractivity (Wildman–Crippen MR) is 69.3 cm³/mol. The fourth-order valence-corrected chi connectivity index (χ4v) is 1.46. The van der Waals surface area contributed by atoms with E-state index in [1.54, 1.807) is 0 Å². The minimum atomic E-state index is -0.0892. The maximum Gasteiger partial charge on any atom is 0.295 e. The molecule has 0 amide bonds. The number of nitrogens with zero attached hydrogens (tertiary/aromatic N) is 4. The zero-order valence-electron chi connectivity index (χ0n) is 9.05. The highest BCUT2D eigenvalue weighted by Crippen LogP contribution is 2.31. The molecule has 0 atom stereocenters. The fraction of sp³-hybridized carbons (Fsp3) is 0. The lowest BCUT2D eigenvalue weighted by molar-refractivity contribution is 1.23. The van der Waals surface area contributed by atoms with Crippen LogP contribution in [0.15, 0.2) is 30.3 Å². The second-order valence-corrected chi connectivity index (χ2v) is 3.58. The number of aromatic nitrogens is 2. The summed E-state index contributed by atoms with van der Waals surface area (Å²) in [4.78, 5) is 14.1. The third-order valence-corrected chi connectivity index (χ3v) is 2.33. The Hall–Kier alpha value is -2.63. The monoisotopic (exact) mass is 255 g/mol. The number of benzene rings is 1. The minimum absolute atomic E-state index is 0.0622. The molecular weight excluding hydrogens is 250 g/mol. The summed E-state index contributed by atoms with van der Waals surface area (Å²) in [5.74, 6) is 0.114. The van der Waals surface area contributed by atoms with Crippen molar-refractivity contribution in [3.63, 3.8) is 0 Å². The van der Waals surface area contributed by atoms with Crippen molar-refractivity contribution in [3.8, 4) is 0 Å². The molecular formula is C12H6ClN5. The fourth-order valence-electron chi connectivity index (χ4n) is 1.29. The van der Waals surface area contributed by atoms with Gasteiger partial charge in [-0.05, 0) is 23.7 Å².